The van der Waals surface area contributed by atoms with Crippen molar-refractivity contribution in [2.24, 2.45) is 16.6 Å². The van der Waals surface area contributed by atoms with Crippen LogP contribution < -0.4 is 26.6 Å². The molecule has 9 heteroatoms. The number of anilines is 2. The maximum atomic E-state index is 9.71. The Balaban J connectivity index is 1.57. The van der Waals surface area contributed by atoms with Crippen LogP contribution in [-0.4, -0.2) is 73.2 Å². The van der Waals surface area contributed by atoms with Crippen molar-refractivity contribution in [1.82, 2.24) is 20.5 Å². The zero-order valence-electron chi connectivity index (χ0n) is 20.7. The Morgan fingerprint density at radius 1 is 1.29 bits per heavy atom. The van der Waals surface area contributed by atoms with Crippen LogP contribution in [0.3, 0.4) is 0 Å². The highest BCUT2D eigenvalue weighted by molar-refractivity contribution is 5.78. The topological polar surface area (TPSA) is 114 Å². The standard InChI is InChI=1S/C25H40N8O/c1-18-7-10-28-13-19(2)33(20(3)16-34)25(26)23(18)15-29-17-31-24-6-5-22(14-30-24)32-11-8-21(27-4)9-12-32/h5-7,10,13-14,18,20-21,27,29,34H,2,8-9,11-12,15-17,26H2,1,3-4H3,(H,30,31)/b10-7-,25-23-,28-13?/t18?,20-/m1/s1. The van der Waals surface area contributed by atoms with E-state index in [4.69, 9.17) is 5.73 Å². The molecular weight excluding hydrogens is 428 g/mol. The van der Waals surface area contributed by atoms with Gasteiger partial charge in [-0.15, -0.1) is 0 Å². The fraction of sp³-hybridized carbons (Fsp3) is 0.520. The molecule has 2 aliphatic rings. The number of aromatic nitrogens is 1. The summed E-state index contributed by atoms with van der Waals surface area (Å²) in [7, 11) is 2.04. The molecular formula is C25H40N8O. The van der Waals surface area contributed by atoms with Crippen LogP contribution in [0.1, 0.15) is 26.7 Å². The molecule has 1 fully saturated rings. The predicted molar refractivity (Wildman–Crippen MR) is 141 cm³/mol. The number of allylic oxidation sites excluding steroid dienone is 2. The molecule has 0 bridgehead atoms. The van der Waals surface area contributed by atoms with Crippen LogP contribution >= 0.6 is 0 Å². The molecule has 0 spiro atoms. The van der Waals surface area contributed by atoms with Crippen molar-refractivity contribution in [2.45, 2.75) is 38.8 Å². The van der Waals surface area contributed by atoms with Gasteiger partial charge in [0, 0.05) is 44.0 Å². The molecule has 186 valence electrons. The van der Waals surface area contributed by atoms with Gasteiger partial charge in [-0.25, -0.2) is 4.98 Å². The number of hydrogen-bond acceptors (Lipinski definition) is 9. The van der Waals surface area contributed by atoms with Crippen LogP contribution in [0, 0.1) is 5.92 Å². The number of nitrogens with one attached hydrogen (secondary N) is 3. The average Bonchev–Trinajstić information content (AvgIpc) is 2.91. The van der Waals surface area contributed by atoms with Gasteiger partial charge in [-0.05, 0) is 44.5 Å². The van der Waals surface area contributed by atoms with Crippen molar-refractivity contribution in [2.75, 3.05) is 50.2 Å². The summed E-state index contributed by atoms with van der Waals surface area (Å²) in [5, 5.41) is 19.8. The zero-order chi connectivity index (χ0) is 24.5. The zero-order valence-corrected chi connectivity index (χ0v) is 20.7. The summed E-state index contributed by atoms with van der Waals surface area (Å²) in [5.74, 6) is 1.49. The number of pyridine rings is 1. The van der Waals surface area contributed by atoms with E-state index >= 15 is 0 Å². The summed E-state index contributed by atoms with van der Waals surface area (Å²) in [4.78, 5) is 13.1. The third-order valence-corrected chi connectivity index (χ3v) is 6.56. The molecule has 0 aliphatic carbocycles. The van der Waals surface area contributed by atoms with Gasteiger partial charge in [0.05, 0.1) is 36.9 Å². The first-order valence-corrected chi connectivity index (χ1v) is 12.0. The Morgan fingerprint density at radius 3 is 2.71 bits per heavy atom. The molecule has 1 aromatic rings. The van der Waals surface area contributed by atoms with Crippen LogP contribution in [-0.2, 0) is 0 Å². The van der Waals surface area contributed by atoms with Gasteiger partial charge in [-0.1, -0.05) is 19.6 Å². The van der Waals surface area contributed by atoms with Crippen LogP contribution in [0.15, 0.2) is 59.3 Å². The molecule has 1 aromatic heterocycles. The lowest BCUT2D eigenvalue weighted by atomic mass is 10.00. The second-order valence-electron chi connectivity index (χ2n) is 8.94. The van der Waals surface area contributed by atoms with Gasteiger partial charge in [0.15, 0.2) is 0 Å². The van der Waals surface area contributed by atoms with E-state index in [0.717, 1.165) is 43.0 Å². The molecule has 1 unspecified atom stereocenters. The summed E-state index contributed by atoms with van der Waals surface area (Å²) < 4.78 is 0. The summed E-state index contributed by atoms with van der Waals surface area (Å²) in [5.41, 5.74) is 9.40. The maximum Gasteiger partial charge on any atom is 0.127 e. The Bertz CT molecular complexity index is 887. The second-order valence-corrected chi connectivity index (χ2v) is 8.94. The second kappa shape index (κ2) is 12.5. The molecule has 9 nitrogen and oxygen atoms in total. The van der Waals surface area contributed by atoms with Crippen LogP contribution in [0.4, 0.5) is 11.5 Å². The lowest BCUT2D eigenvalue weighted by molar-refractivity contribution is 0.193. The molecule has 0 aromatic carbocycles. The van der Waals surface area contributed by atoms with Gasteiger partial charge < -0.3 is 31.3 Å². The van der Waals surface area contributed by atoms with Crippen LogP contribution in [0.25, 0.3) is 0 Å². The quantitative estimate of drug-likeness (QED) is 0.276. The summed E-state index contributed by atoms with van der Waals surface area (Å²) >= 11 is 0. The van der Waals surface area contributed by atoms with E-state index in [9.17, 15) is 5.11 Å². The van der Waals surface area contributed by atoms with E-state index in [2.05, 4.69) is 50.4 Å². The number of piperidine rings is 1. The van der Waals surface area contributed by atoms with Crippen molar-refractivity contribution >= 4 is 17.7 Å². The number of aliphatic imine (C=N–C) groups is 1. The van der Waals surface area contributed by atoms with E-state index in [1.807, 2.05) is 37.2 Å². The molecule has 1 saturated heterocycles. The van der Waals surface area contributed by atoms with E-state index in [-0.39, 0.29) is 18.6 Å². The van der Waals surface area contributed by atoms with Gasteiger partial charge in [0.2, 0.25) is 0 Å². The third-order valence-electron chi connectivity index (χ3n) is 6.56. The van der Waals surface area contributed by atoms with Crippen molar-refractivity contribution < 1.29 is 5.11 Å². The van der Waals surface area contributed by atoms with E-state index in [0.29, 0.717) is 30.8 Å². The molecule has 6 N–H and O–H groups in total. The molecule has 3 heterocycles. The van der Waals surface area contributed by atoms with Gasteiger partial charge >= 0.3 is 0 Å². The number of rotatable bonds is 9. The number of hydrogen-bond donors (Lipinski definition) is 5. The van der Waals surface area contributed by atoms with Crippen molar-refractivity contribution in [3.8, 4) is 0 Å². The molecule has 0 radical (unpaired) electrons. The lowest BCUT2D eigenvalue weighted by Crippen LogP contribution is -2.41. The summed E-state index contributed by atoms with van der Waals surface area (Å²) in [6, 6.07) is 4.56. The maximum absolute atomic E-state index is 9.71. The number of nitrogens with two attached hydrogens (primary N) is 1. The normalized spacial score (nSPS) is 23.9. The molecule has 34 heavy (non-hydrogen) atoms. The van der Waals surface area contributed by atoms with E-state index < -0.39 is 0 Å². The van der Waals surface area contributed by atoms with Crippen molar-refractivity contribution in [1.29, 1.82) is 0 Å². The lowest BCUT2D eigenvalue weighted by Gasteiger charge is -2.33. The fourth-order valence-corrected chi connectivity index (χ4v) is 4.34. The molecule has 0 saturated carbocycles. The monoisotopic (exact) mass is 468 g/mol. The fourth-order valence-electron chi connectivity index (χ4n) is 4.34. The average molecular weight is 469 g/mol. The van der Waals surface area contributed by atoms with Gasteiger partial charge in [-0.2, -0.15) is 0 Å². The van der Waals surface area contributed by atoms with Crippen LogP contribution in [0.5, 0.6) is 0 Å². The SMILES string of the molecule is C=C1C=N/C=C\C(C)/C(CNCNc2ccc(N3CCC(NC)CC3)cn2)=C(/N)N1[C@H](C)CO. The highest BCUT2D eigenvalue weighted by Gasteiger charge is 2.22. The smallest absolute Gasteiger partial charge is 0.127 e. The Labute approximate surface area is 203 Å². The first kappa shape index (κ1) is 25.7. The Morgan fingerprint density at radius 2 is 2.06 bits per heavy atom. The van der Waals surface area contributed by atoms with Gasteiger partial charge in [0.1, 0.15) is 11.6 Å². The Kier molecular flexibility index (Phi) is 9.50. The first-order chi connectivity index (χ1) is 16.4. The Hall–Kier alpha value is -2.88. The summed E-state index contributed by atoms with van der Waals surface area (Å²) in [6.45, 7) is 11.2. The van der Waals surface area contributed by atoms with Gasteiger partial charge in [-0.3, -0.25) is 10.3 Å². The molecule has 0 amide bonds. The number of aliphatic hydroxyl groups is 1. The van der Waals surface area contributed by atoms with Crippen molar-refractivity contribution in [3.63, 3.8) is 0 Å². The van der Waals surface area contributed by atoms with E-state index in [1.54, 1.807) is 12.4 Å². The minimum absolute atomic E-state index is 0.0349. The third kappa shape index (κ3) is 6.59. The minimum atomic E-state index is -0.205. The molecule has 2 atom stereocenters. The predicted octanol–water partition coefficient (Wildman–Crippen LogP) is 1.83. The molecule has 2 aliphatic heterocycles. The number of nitrogens with zero attached hydrogens (tertiary/aromatic N) is 4. The highest BCUT2D eigenvalue weighted by atomic mass is 16.3. The van der Waals surface area contributed by atoms with Crippen LogP contribution in [0.2, 0.25) is 0 Å². The first-order valence-electron chi connectivity index (χ1n) is 12.0. The summed E-state index contributed by atoms with van der Waals surface area (Å²) in [6.07, 6.45) is 9.68. The van der Waals surface area contributed by atoms with Crippen molar-refractivity contribution in [3.05, 3.63) is 54.3 Å². The largest absolute Gasteiger partial charge is 0.394 e. The van der Waals surface area contributed by atoms with E-state index in [1.165, 1.54) is 0 Å². The minimum Gasteiger partial charge on any atom is -0.394 e. The number of aliphatic hydroxyl groups excluding tert-OH is 1. The van der Waals surface area contributed by atoms with Gasteiger partial charge in [0.25, 0.3) is 0 Å². The highest BCUT2D eigenvalue weighted by Crippen LogP contribution is 2.23. The molecule has 3 rings (SSSR count).